The Kier molecular flexibility index (Phi) is 10.3. The second-order valence-corrected chi connectivity index (χ2v) is 19.3. The largest absolute Gasteiger partial charge is 0.391 e. The fourth-order valence-electron chi connectivity index (χ4n) is 12.1. The van der Waals surface area contributed by atoms with Gasteiger partial charge in [-0.3, -0.25) is 14.4 Å². The Morgan fingerprint density at radius 3 is 2.46 bits per heavy atom. The van der Waals surface area contributed by atoms with Crippen LogP contribution in [-0.4, -0.2) is 107 Å². The smallest absolute Gasteiger partial charge is 0.245 e. The molecule has 1 saturated heterocycles. The predicted molar refractivity (Wildman–Crippen MR) is 191 cm³/mol. The highest BCUT2D eigenvalue weighted by molar-refractivity contribution is 8.03. The van der Waals surface area contributed by atoms with Gasteiger partial charge in [0.05, 0.1) is 11.5 Å². The molecule has 8 rings (SSSR count). The Labute approximate surface area is 297 Å². The number of likely N-dealkylation sites (tertiary alicyclic amines) is 1. The number of nitrogens with zero attached hydrogens (tertiary/aromatic N) is 3. The van der Waals surface area contributed by atoms with Crippen LogP contribution in [0.15, 0.2) is 11.0 Å². The normalized spacial score (nSPS) is 40.9. The number of carbonyl (C=O) groups excluding carboxylic acids is 3. The highest BCUT2D eigenvalue weighted by atomic mass is 35.5. The number of aliphatic hydroxyl groups is 1. The van der Waals surface area contributed by atoms with Crippen LogP contribution in [0.25, 0.3) is 0 Å². The first kappa shape index (κ1) is 35.1. The number of thioether (sulfide) groups is 1. The lowest BCUT2D eigenvalue weighted by Gasteiger charge is -2.62. The summed E-state index contributed by atoms with van der Waals surface area (Å²) in [5.41, 5.74) is 0.993. The van der Waals surface area contributed by atoms with E-state index in [-0.39, 0.29) is 47.4 Å². The standard InChI is InChI=1S/C38H59ClN4O4S/c1-41(2)23-37-15-24-12-25(16-37)18-38(17-24,22-37)36(47)43-20-28(44)14-32(43)34(45)40-31(13-27-21-48-33-11-7-5-9-29(27)33)35(46)42(3)19-26-8-4-6-10-30(26)39/h21,24-26,28-33,44H,4-20,22-23H2,1-3H3,(H,40,45)/t24?,25?,26?,28-,29?,30?,31?,32?,33?,37?,38?/m1/s1. The molecular weight excluding hydrogens is 644 g/mol. The molecular formula is C38H59ClN4O4S. The van der Waals surface area contributed by atoms with Gasteiger partial charge in [0.1, 0.15) is 12.1 Å². The summed E-state index contributed by atoms with van der Waals surface area (Å²) in [7, 11) is 6.13. The van der Waals surface area contributed by atoms with E-state index in [1.54, 1.807) is 9.80 Å². The molecule has 48 heavy (non-hydrogen) atoms. The van der Waals surface area contributed by atoms with Gasteiger partial charge >= 0.3 is 0 Å². The lowest BCUT2D eigenvalue weighted by Crippen LogP contribution is -2.62. The van der Waals surface area contributed by atoms with Crippen molar-refractivity contribution in [3.63, 3.8) is 0 Å². The molecule has 6 aliphatic carbocycles. The van der Waals surface area contributed by atoms with E-state index in [2.05, 4.69) is 29.7 Å². The van der Waals surface area contributed by atoms with Crippen LogP contribution in [0, 0.1) is 34.5 Å². The Hall–Kier alpha value is -1.29. The number of hydrogen-bond acceptors (Lipinski definition) is 6. The maximum absolute atomic E-state index is 14.7. The molecule has 7 fully saturated rings. The minimum Gasteiger partial charge on any atom is -0.391 e. The van der Waals surface area contributed by atoms with Crippen LogP contribution in [0.3, 0.4) is 0 Å². The molecule has 0 radical (unpaired) electrons. The summed E-state index contributed by atoms with van der Waals surface area (Å²) in [4.78, 5) is 49.1. The Morgan fingerprint density at radius 1 is 1.02 bits per heavy atom. The lowest BCUT2D eigenvalue weighted by atomic mass is 9.43. The van der Waals surface area contributed by atoms with E-state index in [0.717, 1.165) is 57.9 Å². The van der Waals surface area contributed by atoms with Crippen molar-refractivity contribution in [1.82, 2.24) is 20.0 Å². The number of amides is 3. The van der Waals surface area contributed by atoms with E-state index in [1.165, 1.54) is 44.1 Å². The molecule has 0 aromatic heterocycles. The molecule has 268 valence electrons. The molecule has 8 unspecified atom stereocenters. The van der Waals surface area contributed by atoms with Gasteiger partial charge in [0.15, 0.2) is 0 Å². The first-order chi connectivity index (χ1) is 22.9. The number of hydrogen-bond donors (Lipinski definition) is 2. The van der Waals surface area contributed by atoms with Crippen LogP contribution in [0.4, 0.5) is 0 Å². The monoisotopic (exact) mass is 702 g/mol. The van der Waals surface area contributed by atoms with E-state index in [1.807, 2.05) is 18.8 Å². The number of rotatable bonds is 10. The molecule has 3 amide bonds. The van der Waals surface area contributed by atoms with Crippen LogP contribution in [0.2, 0.25) is 0 Å². The maximum Gasteiger partial charge on any atom is 0.245 e. The van der Waals surface area contributed by atoms with Gasteiger partial charge in [-0.2, -0.15) is 0 Å². The maximum atomic E-state index is 14.7. The minimum absolute atomic E-state index is 0.0694. The number of carbonyl (C=O) groups is 3. The van der Waals surface area contributed by atoms with Crippen molar-refractivity contribution in [3.8, 4) is 0 Å². The SMILES string of the molecule is CN(C)CC12CC3CC(C1)CC(C(=O)N1C[C@H](O)CC1C(=O)NC(CC1=CSC4CCCCC14)C(=O)N(C)CC1CCCCC1Cl)(C3)C2. The molecule has 0 aromatic carbocycles. The summed E-state index contributed by atoms with van der Waals surface area (Å²) >= 11 is 8.62. The Balaban J connectivity index is 1.09. The average molecular weight is 703 g/mol. The van der Waals surface area contributed by atoms with Gasteiger partial charge in [-0.15, -0.1) is 23.4 Å². The predicted octanol–water partition coefficient (Wildman–Crippen LogP) is 5.42. The van der Waals surface area contributed by atoms with Crippen LogP contribution >= 0.6 is 23.4 Å². The summed E-state index contributed by atoms with van der Waals surface area (Å²) < 4.78 is 0. The first-order valence-corrected chi connectivity index (χ1v) is 20.5. The van der Waals surface area contributed by atoms with Crippen molar-refractivity contribution in [1.29, 1.82) is 0 Å². The van der Waals surface area contributed by atoms with E-state index >= 15 is 0 Å². The highest BCUT2D eigenvalue weighted by Crippen LogP contribution is 2.66. The van der Waals surface area contributed by atoms with E-state index in [4.69, 9.17) is 11.6 Å². The number of aliphatic hydroxyl groups excluding tert-OH is 1. The van der Waals surface area contributed by atoms with Crippen molar-refractivity contribution in [2.45, 2.75) is 132 Å². The number of halogens is 1. The lowest BCUT2D eigenvalue weighted by molar-refractivity contribution is -0.171. The Bertz CT molecular complexity index is 1260. The van der Waals surface area contributed by atoms with Crippen LogP contribution in [0.5, 0.6) is 0 Å². The summed E-state index contributed by atoms with van der Waals surface area (Å²) in [6.07, 6.45) is 15.4. The third-order valence-corrected chi connectivity index (χ3v) is 15.4. The van der Waals surface area contributed by atoms with Crippen molar-refractivity contribution >= 4 is 41.1 Å². The van der Waals surface area contributed by atoms with Gasteiger partial charge in [-0.1, -0.05) is 31.3 Å². The second-order valence-electron chi connectivity index (χ2n) is 17.6. The molecule has 6 saturated carbocycles. The van der Waals surface area contributed by atoms with Crippen LogP contribution in [-0.2, 0) is 14.4 Å². The van der Waals surface area contributed by atoms with E-state index in [0.29, 0.717) is 36.0 Å². The first-order valence-electron chi connectivity index (χ1n) is 19.1. The summed E-state index contributed by atoms with van der Waals surface area (Å²) in [5.74, 6) is 1.54. The van der Waals surface area contributed by atoms with Crippen molar-refractivity contribution < 1.29 is 19.5 Å². The molecule has 2 aliphatic heterocycles. The number of nitrogens with one attached hydrogen (secondary N) is 1. The Morgan fingerprint density at radius 2 is 1.73 bits per heavy atom. The summed E-state index contributed by atoms with van der Waals surface area (Å²) in [5, 5.41) is 17.0. The molecule has 8 nitrogen and oxygen atoms in total. The molecule has 10 heteroatoms. The molecule has 2 heterocycles. The second kappa shape index (κ2) is 14.0. The molecule has 9 atom stereocenters. The van der Waals surface area contributed by atoms with Crippen LogP contribution < -0.4 is 5.32 Å². The van der Waals surface area contributed by atoms with Gasteiger partial charge in [-0.25, -0.2) is 0 Å². The topological polar surface area (TPSA) is 93.2 Å². The van der Waals surface area contributed by atoms with Crippen molar-refractivity contribution in [3.05, 3.63) is 11.0 Å². The summed E-state index contributed by atoms with van der Waals surface area (Å²) in [6, 6.07) is -1.46. The third kappa shape index (κ3) is 6.97. The van der Waals surface area contributed by atoms with Crippen molar-refractivity contribution in [2.24, 2.45) is 34.5 Å². The molecule has 0 spiro atoms. The number of fused-ring (bicyclic) bond motifs is 1. The zero-order valence-electron chi connectivity index (χ0n) is 29.5. The number of β-amino-alcohol motifs (C(OH)–C–C–N with tert-alkyl or cyclic N) is 1. The molecule has 0 aromatic rings. The third-order valence-electron chi connectivity index (χ3n) is 13.5. The van der Waals surface area contributed by atoms with Gasteiger partial charge in [-0.05, 0) is 119 Å². The molecule has 8 aliphatic rings. The van der Waals surface area contributed by atoms with Gasteiger partial charge in [0.25, 0.3) is 0 Å². The average Bonchev–Trinajstić information content (AvgIpc) is 3.63. The van der Waals surface area contributed by atoms with E-state index < -0.39 is 23.6 Å². The quantitative estimate of drug-likeness (QED) is 0.296. The van der Waals surface area contributed by atoms with Gasteiger partial charge in [0.2, 0.25) is 17.7 Å². The van der Waals surface area contributed by atoms with Crippen molar-refractivity contribution in [2.75, 3.05) is 40.8 Å². The highest BCUT2D eigenvalue weighted by Gasteiger charge is 2.62. The van der Waals surface area contributed by atoms with E-state index in [9.17, 15) is 19.5 Å². The summed E-state index contributed by atoms with van der Waals surface area (Å²) in [6.45, 7) is 1.78. The van der Waals surface area contributed by atoms with Gasteiger partial charge in [0, 0.05) is 43.7 Å². The molecule has 2 N–H and O–H groups in total. The molecule has 4 bridgehead atoms. The fourth-order valence-corrected chi connectivity index (χ4v) is 13.9. The minimum atomic E-state index is -0.758. The zero-order chi connectivity index (χ0) is 33.8. The number of alkyl halides is 1. The fraction of sp³-hybridized carbons (Fsp3) is 0.868. The van der Waals surface area contributed by atoms with Crippen LogP contribution in [0.1, 0.15) is 103 Å². The van der Waals surface area contributed by atoms with Gasteiger partial charge < -0.3 is 25.1 Å². The number of likely N-dealkylation sites (N-methyl/N-ethyl adjacent to an activating group) is 1. The zero-order valence-corrected chi connectivity index (χ0v) is 31.1.